The van der Waals surface area contributed by atoms with Crippen molar-refractivity contribution < 1.29 is 9.53 Å². The third kappa shape index (κ3) is 3.39. The first kappa shape index (κ1) is 14.8. The lowest BCUT2D eigenvalue weighted by atomic mass is 10.0. The summed E-state index contributed by atoms with van der Waals surface area (Å²) in [5.41, 5.74) is 1.04. The van der Waals surface area contributed by atoms with Crippen molar-refractivity contribution in [3.05, 3.63) is 46.4 Å². The highest BCUT2D eigenvalue weighted by Gasteiger charge is 2.22. The molecular formula is C16H19N3O2S. The van der Waals surface area contributed by atoms with Crippen LogP contribution in [-0.2, 0) is 0 Å². The number of fused-ring (bicyclic) bond motifs is 1. The van der Waals surface area contributed by atoms with E-state index in [1.165, 1.54) is 0 Å². The van der Waals surface area contributed by atoms with Gasteiger partial charge in [0.1, 0.15) is 5.75 Å². The molecule has 116 valence electrons. The Bertz CT molecular complexity index is 630. The summed E-state index contributed by atoms with van der Waals surface area (Å²) in [7, 11) is 0. The highest BCUT2D eigenvalue weighted by molar-refractivity contribution is 7.09. The van der Waals surface area contributed by atoms with E-state index >= 15 is 0 Å². The average Bonchev–Trinajstić information content (AvgIpc) is 3.07. The highest BCUT2D eigenvalue weighted by Crippen LogP contribution is 2.31. The van der Waals surface area contributed by atoms with Crippen molar-refractivity contribution in [2.75, 3.05) is 13.2 Å². The van der Waals surface area contributed by atoms with Crippen LogP contribution in [0.25, 0.3) is 0 Å². The number of para-hydroxylation sites is 1. The number of carbonyl (C=O) groups is 1. The number of benzene rings is 1. The topological polar surface area (TPSA) is 63.2 Å². The van der Waals surface area contributed by atoms with Gasteiger partial charge in [0.05, 0.1) is 17.7 Å². The first-order valence-corrected chi connectivity index (χ1v) is 8.27. The van der Waals surface area contributed by atoms with Gasteiger partial charge >= 0.3 is 6.03 Å². The number of hydrogen-bond donors (Lipinski definition) is 2. The van der Waals surface area contributed by atoms with Gasteiger partial charge in [-0.25, -0.2) is 9.78 Å². The monoisotopic (exact) mass is 317 g/mol. The lowest BCUT2D eigenvalue weighted by Crippen LogP contribution is -2.40. The third-order valence-electron chi connectivity index (χ3n) is 3.71. The quantitative estimate of drug-likeness (QED) is 0.911. The molecule has 0 saturated heterocycles. The molecule has 6 heteroatoms. The minimum atomic E-state index is -0.148. The van der Waals surface area contributed by atoms with Gasteiger partial charge in [0, 0.05) is 36.0 Å². The Balaban J connectivity index is 1.54. The van der Waals surface area contributed by atoms with Crippen molar-refractivity contribution in [2.24, 2.45) is 0 Å². The molecule has 0 fully saturated rings. The van der Waals surface area contributed by atoms with Crippen LogP contribution in [0.2, 0.25) is 0 Å². The minimum absolute atomic E-state index is 0.000110. The molecule has 1 aliphatic heterocycles. The molecule has 2 N–H and O–H groups in total. The Labute approximate surface area is 133 Å². The molecule has 1 aromatic heterocycles. The smallest absolute Gasteiger partial charge is 0.315 e. The number of carbonyl (C=O) groups excluding carboxylic acids is 1. The van der Waals surface area contributed by atoms with Gasteiger partial charge in [0.15, 0.2) is 0 Å². The number of ether oxygens (including phenoxy) is 1. The molecule has 0 aliphatic carbocycles. The number of amides is 2. The van der Waals surface area contributed by atoms with E-state index in [0.29, 0.717) is 13.2 Å². The Hall–Kier alpha value is -2.08. The molecule has 2 amide bonds. The summed E-state index contributed by atoms with van der Waals surface area (Å²) in [6.07, 6.45) is 2.57. The second kappa shape index (κ2) is 6.79. The van der Waals surface area contributed by atoms with Crippen molar-refractivity contribution in [3.63, 3.8) is 0 Å². The van der Waals surface area contributed by atoms with E-state index < -0.39 is 0 Å². The van der Waals surface area contributed by atoms with Gasteiger partial charge in [-0.1, -0.05) is 25.1 Å². The van der Waals surface area contributed by atoms with E-state index in [0.717, 1.165) is 22.7 Å². The maximum Gasteiger partial charge on any atom is 0.315 e. The van der Waals surface area contributed by atoms with Gasteiger partial charge in [-0.3, -0.25) is 0 Å². The average molecular weight is 317 g/mol. The van der Waals surface area contributed by atoms with Crippen LogP contribution in [0.15, 0.2) is 35.8 Å². The lowest BCUT2D eigenvalue weighted by molar-refractivity contribution is 0.223. The van der Waals surface area contributed by atoms with Crippen LogP contribution in [0.4, 0.5) is 4.79 Å². The molecule has 1 aliphatic rings. The molecule has 0 saturated carbocycles. The number of nitrogens with one attached hydrogen (secondary N) is 2. The summed E-state index contributed by atoms with van der Waals surface area (Å²) in [4.78, 5) is 16.4. The molecule has 2 aromatic rings. The molecule has 0 radical (unpaired) electrons. The maximum atomic E-state index is 12.1. The molecule has 1 aromatic carbocycles. The standard InChI is InChI=1S/C16H19N3O2S/c1-11(15-17-7-9-22-15)10-18-16(20)19-13-6-8-21-14-5-3-2-4-12(13)14/h2-5,7,9,11,13H,6,8,10H2,1H3,(H2,18,19,20)/t11-,13-/m0/s1. The fraction of sp³-hybridized carbons (Fsp3) is 0.375. The van der Waals surface area contributed by atoms with Gasteiger partial charge in [-0.2, -0.15) is 0 Å². The summed E-state index contributed by atoms with van der Waals surface area (Å²) in [6, 6.07) is 7.69. The summed E-state index contributed by atoms with van der Waals surface area (Å²) < 4.78 is 5.60. The zero-order valence-corrected chi connectivity index (χ0v) is 13.2. The molecule has 2 atom stereocenters. The van der Waals surface area contributed by atoms with Gasteiger partial charge in [0.25, 0.3) is 0 Å². The third-order valence-corrected chi connectivity index (χ3v) is 4.71. The predicted octanol–water partition coefficient (Wildman–Crippen LogP) is 3.07. The SMILES string of the molecule is C[C@@H](CNC(=O)N[C@H]1CCOc2ccccc21)c1nccs1. The number of rotatable bonds is 4. The van der Waals surface area contributed by atoms with E-state index in [4.69, 9.17) is 4.74 Å². The van der Waals surface area contributed by atoms with E-state index in [1.54, 1.807) is 17.5 Å². The fourth-order valence-corrected chi connectivity index (χ4v) is 3.21. The van der Waals surface area contributed by atoms with Crippen molar-refractivity contribution in [1.29, 1.82) is 0 Å². The zero-order chi connectivity index (χ0) is 15.4. The Kier molecular flexibility index (Phi) is 4.58. The van der Waals surface area contributed by atoms with Crippen molar-refractivity contribution in [1.82, 2.24) is 15.6 Å². The molecule has 0 spiro atoms. The Morgan fingerprint density at radius 1 is 1.50 bits per heavy atom. The summed E-state index contributed by atoms with van der Waals surface area (Å²) in [5.74, 6) is 1.07. The van der Waals surface area contributed by atoms with E-state index in [2.05, 4.69) is 22.5 Å². The van der Waals surface area contributed by atoms with Crippen LogP contribution in [0, 0.1) is 0 Å². The number of thiazole rings is 1. The van der Waals surface area contributed by atoms with Crippen molar-refractivity contribution in [2.45, 2.75) is 25.3 Å². The summed E-state index contributed by atoms with van der Waals surface area (Å²) in [6.45, 7) is 3.25. The normalized spacial score (nSPS) is 18.0. The molecule has 2 heterocycles. The fourth-order valence-electron chi connectivity index (χ4n) is 2.51. The maximum absolute atomic E-state index is 12.1. The van der Waals surface area contributed by atoms with Crippen molar-refractivity contribution in [3.8, 4) is 5.75 Å². The van der Waals surface area contributed by atoms with E-state index in [9.17, 15) is 4.79 Å². The molecule has 0 bridgehead atoms. The number of hydrogen-bond acceptors (Lipinski definition) is 4. The van der Waals surface area contributed by atoms with Crippen LogP contribution in [0.1, 0.15) is 35.9 Å². The van der Waals surface area contributed by atoms with Crippen LogP contribution >= 0.6 is 11.3 Å². The predicted molar refractivity (Wildman–Crippen MR) is 86.4 cm³/mol. The van der Waals surface area contributed by atoms with E-state index in [-0.39, 0.29) is 18.0 Å². The van der Waals surface area contributed by atoms with Crippen molar-refractivity contribution >= 4 is 17.4 Å². The summed E-state index contributed by atoms with van der Waals surface area (Å²) >= 11 is 1.61. The van der Waals surface area contributed by atoms with Gasteiger partial charge in [0.2, 0.25) is 0 Å². The Morgan fingerprint density at radius 3 is 3.18 bits per heavy atom. The van der Waals surface area contributed by atoms with E-state index in [1.807, 2.05) is 29.6 Å². The second-order valence-electron chi connectivity index (χ2n) is 5.35. The molecular weight excluding hydrogens is 298 g/mol. The largest absolute Gasteiger partial charge is 0.493 e. The number of nitrogens with zero attached hydrogens (tertiary/aromatic N) is 1. The number of aromatic nitrogens is 1. The minimum Gasteiger partial charge on any atom is -0.493 e. The van der Waals surface area contributed by atoms with Crippen LogP contribution in [-0.4, -0.2) is 24.2 Å². The first-order valence-electron chi connectivity index (χ1n) is 7.39. The van der Waals surface area contributed by atoms with Crippen LogP contribution < -0.4 is 15.4 Å². The first-order chi connectivity index (χ1) is 10.7. The van der Waals surface area contributed by atoms with Crippen LogP contribution in [0.3, 0.4) is 0 Å². The molecule has 5 nitrogen and oxygen atoms in total. The lowest BCUT2D eigenvalue weighted by Gasteiger charge is -2.26. The zero-order valence-electron chi connectivity index (χ0n) is 12.4. The number of urea groups is 1. The van der Waals surface area contributed by atoms with Gasteiger partial charge < -0.3 is 15.4 Å². The van der Waals surface area contributed by atoms with Gasteiger partial charge in [-0.15, -0.1) is 11.3 Å². The van der Waals surface area contributed by atoms with Gasteiger partial charge in [-0.05, 0) is 6.07 Å². The second-order valence-corrected chi connectivity index (χ2v) is 6.28. The Morgan fingerprint density at radius 2 is 2.36 bits per heavy atom. The summed E-state index contributed by atoms with van der Waals surface area (Å²) in [5, 5.41) is 8.94. The highest BCUT2D eigenvalue weighted by atomic mass is 32.1. The molecule has 0 unspecified atom stereocenters. The molecule has 3 rings (SSSR count). The van der Waals surface area contributed by atoms with Crippen LogP contribution in [0.5, 0.6) is 5.75 Å². The molecule has 22 heavy (non-hydrogen) atoms.